The fraction of sp³-hybridized carbons (Fsp3) is 0.615. The van der Waals surface area contributed by atoms with Gasteiger partial charge in [0.2, 0.25) is 10.0 Å². The van der Waals surface area contributed by atoms with E-state index in [9.17, 15) is 8.42 Å². The van der Waals surface area contributed by atoms with E-state index in [-0.39, 0.29) is 5.75 Å². The number of nitrogens with one attached hydrogen (secondary N) is 2. The van der Waals surface area contributed by atoms with Gasteiger partial charge in [-0.3, -0.25) is 4.99 Å². The predicted octanol–water partition coefficient (Wildman–Crippen LogP) is 1.03. The summed E-state index contributed by atoms with van der Waals surface area (Å²) in [5.74, 6) is 0.838. The highest BCUT2D eigenvalue weighted by molar-refractivity contribution is 7.89. The molecule has 1 aromatic rings. The standard InChI is InChI=1S/C13H21Cl2N5O2S/c1-16-13(17-4-6-20-5-3-7-23(20,21)22)18-9-10-8-11(14)12(15)19(10)2/h8H,3-7,9H2,1-2H3,(H2,16,17,18). The van der Waals surface area contributed by atoms with Crippen molar-refractivity contribution in [1.29, 1.82) is 0 Å². The van der Waals surface area contributed by atoms with Gasteiger partial charge in [0, 0.05) is 39.4 Å². The molecule has 0 bridgehead atoms. The molecular weight excluding hydrogens is 361 g/mol. The van der Waals surface area contributed by atoms with Crippen LogP contribution in [0.3, 0.4) is 0 Å². The van der Waals surface area contributed by atoms with Gasteiger partial charge >= 0.3 is 0 Å². The highest BCUT2D eigenvalue weighted by Crippen LogP contribution is 2.24. The summed E-state index contributed by atoms with van der Waals surface area (Å²) in [7, 11) is 0.438. The largest absolute Gasteiger partial charge is 0.355 e. The monoisotopic (exact) mass is 381 g/mol. The maximum absolute atomic E-state index is 11.7. The molecule has 0 atom stereocenters. The van der Waals surface area contributed by atoms with Gasteiger partial charge in [0.25, 0.3) is 0 Å². The number of hydrogen-bond acceptors (Lipinski definition) is 3. The molecule has 2 heterocycles. The summed E-state index contributed by atoms with van der Waals surface area (Å²) >= 11 is 12.0. The third-order valence-corrected chi connectivity index (χ3v) is 6.53. The Morgan fingerprint density at radius 1 is 1.39 bits per heavy atom. The molecule has 2 N–H and O–H groups in total. The van der Waals surface area contributed by atoms with Crippen molar-refractivity contribution in [2.75, 3.05) is 32.4 Å². The molecule has 1 fully saturated rings. The van der Waals surface area contributed by atoms with Crippen molar-refractivity contribution in [3.05, 3.63) is 21.9 Å². The summed E-state index contributed by atoms with van der Waals surface area (Å²) in [5, 5.41) is 7.25. The molecule has 1 aliphatic rings. The van der Waals surface area contributed by atoms with Crippen molar-refractivity contribution in [3.8, 4) is 0 Å². The van der Waals surface area contributed by atoms with Gasteiger partial charge in [0.15, 0.2) is 5.96 Å². The van der Waals surface area contributed by atoms with Crippen LogP contribution in [0.5, 0.6) is 0 Å². The van der Waals surface area contributed by atoms with Gasteiger partial charge in [-0.15, -0.1) is 0 Å². The Labute approximate surface area is 146 Å². The number of rotatable bonds is 5. The fourth-order valence-electron chi connectivity index (χ4n) is 2.39. The SMILES string of the molecule is CN=C(NCCN1CCCS1(=O)=O)NCc1cc(Cl)c(Cl)n1C. The van der Waals surface area contributed by atoms with E-state index in [1.165, 1.54) is 4.31 Å². The van der Waals surface area contributed by atoms with Crippen LogP contribution in [0.2, 0.25) is 10.2 Å². The van der Waals surface area contributed by atoms with E-state index in [0.717, 1.165) is 5.69 Å². The van der Waals surface area contributed by atoms with Gasteiger partial charge in [-0.1, -0.05) is 23.2 Å². The Bertz CT molecular complexity index is 687. The summed E-state index contributed by atoms with van der Waals surface area (Å²) in [6.07, 6.45) is 0.699. The van der Waals surface area contributed by atoms with Crippen LogP contribution in [0.1, 0.15) is 12.1 Å². The van der Waals surface area contributed by atoms with Crippen LogP contribution in [0.15, 0.2) is 11.1 Å². The first-order valence-electron chi connectivity index (χ1n) is 7.27. The predicted molar refractivity (Wildman–Crippen MR) is 93.6 cm³/mol. The van der Waals surface area contributed by atoms with Crippen molar-refractivity contribution in [3.63, 3.8) is 0 Å². The van der Waals surface area contributed by atoms with Crippen LogP contribution in [-0.4, -0.2) is 55.7 Å². The quantitative estimate of drug-likeness (QED) is 0.589. The van der Waals surface area contributed by atoms with Crippen molar-refractivity contribution in [1.82, 2.24) is 19.5 Å². The molecule has 2 rings (SSSR count). The van der Waals surface area contributed by atoms with Gasteiger partial charge in [-0.05, 0) is 12.5 Å². The molecule has 10 heteroatoms. The van der Waals surface area contributed by atoms with Crippen LogP contribution in [0.25, 0.3) is 0 Å². The zero-order valence-electron chi connectivity index (χ0n) is 13.1. The highest BCUT2D eigenvalue weighted by atomic mass is 35.5. The van der Waals surface area contributed by atoms with Crippen molar-refractivity contribution in [2.45, 2.75) is 13.0 Å². The first kappa shape index (κ1) is 18.4. The summed E-state index contributed by atoms with van der Waals surface area (Å²) in [5.41, 5.74) is 0.921. The number of halogens is 2. The molecule has 23 heavy (non-hydrogen) atoms. The molecule has 0 aromatic carbocycles. The van der Waals surface area contributed by atoms with Crippen molar-refractivity contribution < 1.29 is 8.42 Å². The van der Waals surface area contributed by atoms with Crippen LogP contribution in [0.4, 0.5) is 0 Å². The first-order valence-corrected chi connectivity index (χ1v) is 9.63. The number of aliphatic imine (C=N–C) groups is 1. The van der Waals surface area contributed by atoms with Crippen molar-refractivity contribution >= 4 is 39.2 Å². The lowest BCUT2D eigenvalue weighted by Gasteiger charge is -2.16. The van der Waals surface area contributed by atoms with E-state index >= 15 is 0 Å². The number of nitrogens with zero attached hydrogens (tertiary/aromatic N) is 3. The Morgan fingerprint density at radius 3 is 2.65 bits per heavy atom. The molecule has 7 nitrogen and oxygen atoms in total. The second kappa shape index (κ2) is 7.74. The molecule has 0 amide bonds. The molecule has 0 unspecified atom stereocenters. The number of hydrogen-bond donors (Lipinski definition) is 2. The van der Waals surface area contributed by atoms with Crippen LogP contribution < -0.4 is 10.6 Å². The fourth-order valence-corrected chi connectivity index (χ4v) is 4.34. The summed E-state index contributed by atoms with van der Waals surface area (Å²) in [6, 6.07) is 1.79. The minimum absolute atomic E-state index is 0.245. The maximum Gasteiger partial charge on any atom is 0.214 e. The molecule has 1 saturated heterocycles. The van der Waals surface area contributed by atoms with Crippen LogP contribution in [-0.2, 0) is 23.6 Å². The van der Waals surface area contributed by atoms with Gasteiger partial charge in [-0.2, -0.15) is 0 Å². The van der Waals surface area contributed by atoms with Gasteiger partial charge in [-0.25, -0.2) is 12.7 Å². The van der Waals surface area contributed by atoms with Crippen LogP contribution >= 0.6 is 23.2 Å². The molecule has 1 aromatic heterocycles. The molecular formula is C13H21Cl2N5O2S. The Hall–Kier alpha value is -0.960. The molecule has 0 aliphatic carbocycles. The summed E-state index contributed by atoms with van der Waals surface area (Å²) in [4.78, 5) is 4.11. The highest BCUT2D eigenvalue weighted by Gasteiger charge is 2.27. The summed E-state index contributed by atoms with van der Waals surface area (Å²) < 4.78 is 26.7. The second-order valence-corrected chi connectivity index (χ2v) is 8.11. The van der Waals surface area contributed by atoms with E-state index in [0.29, 0.717) is 48.7 Å². The normalized spacial score (nSPS) is 18.3. The third kappa shape index (κ3) is 4.53. The Kier molecular flexibility index (Phi) is 6.19. The van der Waals surface area contributed by atoms with E-state index in [4.69, 9.17) is 23.2 Å². The van der Waals surface area contributed by atoms with E-state index < -0.39 is 10.0 Å². The van der Waals surface area contributed by atoms with Crippen LogP contribution in [0, 0.1) is 0 Å². The first-order chi connectivity index (χ1) is 10.8. The average molecular weight is 382 g/mol. The smallest absolute Gasteiger partial charge is 0.214 e. The van der Waals surface area contributed by atoms with Gasteiger partial charge < -0.3 is 15.2 Å². The van der Waals surface area contributed by atoms with E-state index in [2.05, 4.69) is 15.6 Å². The molecule has 0 radical (unpaired) electrons. The minimum Gasteiger partial charge on any atom is -0.355 e. The zero-order chi connectivity index (χ0) is 17.0. The second-order valence-electron chi connectivity index (χ2n) is 5.25. The van der Waals surface area contributed by atoms with E-state index in [1.54, 1.807) is 17.7 Å². The lowest BCUT2D eigenvalue weighted by atomic mass is 10.4. The molecule has 130 valence electrons. The molecule has 0 spiro atoms. The minimum atomic E-state index is -3.05. The van der Waals surface area contributed by atoms with Crippen molar-refractivity contribution in [2.24, 2.45) is 12.0 Å². The zero-order valence-corrected chi connectivity index (χ0v) is 15.5. The Morgan fingerprint density at radius 2 is 2.13 bits per heavy atom. The third-order valence-electron chi connectivity index (χ3n) is 3.73. The Balaban J connectivity index is 1.81. The molecule has 1 aliphatic heterocycles. The molecule has 0 saturated carbocycles. The topological polar surface area (TPSA) is 78.7 Å². The lowest BCUT2D eigenvalue weighted by molar-refractivity contribution is 0.445. The maximum atomic E-state index is 11.7. The lowest BCUT2D eigenvalue weighted by Crippen LogP contribution is -2.41. The summed E-state index contributed by atoms with van der Waals surface area (Å²) in [6.45, 7) is 2.03. The van der Waals surface area contributed by atoms with E-state index in [1.807, 2.05) is 7.05 Å². The number of sulfonamides is 1. The number of aromatic nitrogens is 1. The number of guanidine groups is 1. The van der Waals surface area contributed by atoms with Gasteiger partial charge in [0.05, 0.1) is 17.3 Å². The van der Waals surface area contributed by atoms with Gasteiger partial charge in [0.1, 0.15) is 5.15 Å². The average Bonchev–Trinajstić information content (AvgIpc) is 2.97.